The highest BCUT2D eigenvalue weighted by molar-refractivity contribution is 7.52. The molecule has 0 amide bonds. The number of nitrogens with two attached hydrogens (primary N) is 1. The van der Waals surface area contributed by atoms with Crippen molar-refractivity contribution in [2.75, 3.05) is 32.7 Å². The van der Waals surface area contributed by atoms with Crippen molar-refractivity contribution in [3.63, 3.8) is 0 Å². The summed E-state index contributed by atoms with van der Waals surface area (Å²) in [6.45, 7) is 6.08. The molecule has 2 atom stereocenters. The third-order valence-corrected chi connectivity index (χ3v) is 7.57. The van der Waals surface area contributed by atoms with Crippen molar-refractivity contribution >= 4 is 19.7 Å². The number of benzene rings is 1. The van der Waals surface area contributed by atoms with Crippen molar-refractivity contribution < 1.29 is 32.6 Å². The van der Waals surface area contributed by atoms with Crippen LogP contribution in [-0.2, 0) is 30.1 Å². The SMILES string of the molecule is CCC(CC)COC(=O)[C@H](C)N[P@](=O)(OCCOCn1cnc(-c2cnc(N)nc2OC)c1)Oc1ccccc1. The van der Waals surface area contributed by atoms with Gasteiger partial charge in [-0.25, -0.2) is 14.5 Å². The molecular weight excluding hydrogens is 539 g/mol. The van der Waals surface area contributed by atoms with Crippen molar-refractivity contribution in [3.8, 4) is 22.9 Å². The molecule has 14 heteroatoms. The Balaban J connectivity index is 1.54. The van der Waals surface area contributed by atoms with Gasteiger partial charge in [0.25, 0.3) is 0 Å². The second-order valence-corrected chi connectivity index (χ2v) is 10.6. The Morgan fingerprint density at radius 2 is 1.90 bits per heavy atom. The monoisotopic (exact) mass is 576 g/mol. The molecule has 0 aliphatic rings. The average molecular weight is 577 g/mol. The number of nitrogens with one attached hydrogen (secondary N) is 1. The number of imidazole rings is 1. The first-order valence-electron chi connectivity index (χ1n) is 13.0. The lowest BCUT2D eigenvalue weighted by Gasteiger charge is -2.23. The van der Waals surface area contributed by atoms with Gasteiger partial charge < -0.3 is 29.0 Å². The molecule has 0 aliphatic heterocycles. The van der Waals surface area contributed by atoms with Crippen LogP contribution in [0.2, 0.25) is 0 Å². The molecule has 0 unspecified atom stereocenters. The number of ether oxygens (including phenoxy) is 3. The molecule has 40 heavy (non-hydrogen) atoms. The van der Waals surface area contributed by atoms with E-state index in [0.29, 0.717) is 29.5 Å². The van der Waals surface area contributed by atoms with Crippen LogP contribution in [0, 0.1) is 5.92 Å². The molecule has 0 spiro atoms. The standard InChI is InChI=1S/C26H37N6O7P/c1-5-20(6-2)16-37-25(33)19(3)31-40(34,39-21-10-8-7-9-11-21)38-13-12-36-18-32-15-23(29-17-32)22-14-28-26(27)30-24(22)35-4/h7-11,14-15,17,19-20H,5-6,12-13,16,18H2,1-4H3,(H,31,34)(H2,27,28,30)/t19-,40-/m0/s1. The average Bonchev–Trinajstić information content (AvgIpc) is 3.42. The zero-order chi connectivity index (χ0) is 29.0. The third kappa shape index (κ3) is 9.30. The number of hydrogen-bond acceptors (Lipinski definition) is 11. The first kappa shape index (κ1) is 31.0. The molecule has 0 fully saturated rings. The predicted octanol–water partition coefficient (Wildman–Crippen LogP) is 4.07. The minimum absolute atomic E-state index is 0.0756. The van der Waals surface area contributed by atoms with Crippen molar-refractivity contribution in [1.29, 1.82) is 0 Å². The van der Waals surface area contributed by atoms with E-state index in [1.165, 1.54) is 13.3 Å². The van der Waals surface area contributed by atoms with Gasteiger partial charge in [0.15, 0.2) is 0 Å². The Bertz CT molecular complexity index is 1260. The minimum atomic E-state index is -3.96. The number of para-hydroxylation sites is 1. The van der Waals surface area contributed by atoms with E-state index in [0.717, 1.165) is 12.8 Å². The predicted molar refractivity (Wildman–Crippen MR) is 148 cm³/mol. The minimum Gasteiger partial charge on any atom is -0.480 e. The summed E-state index contributed by atoms with van der Waals surface area (Å²) in [6, 6.07) is 7.63. The lowest BCUT2D eigenvalue weighted by atomic mass is 10.1. The summed E-state index contributed by atoms with van der Waals surface area (Å²) in [6.07, 6.45) is 6.63. The van der Waals surface area contributed by atoms with E-state index in [-0.39, 0.29) is 31.8 Å². The molecule has 0 radical (unpaired) electrons. The number of hydrogen-bond donors (Lipinski definition) is 2. The van der Waals surface area contributed by atoms with Gasteiger partial charge in [-0.15, -0.1) is 0 Å². The zero-order valence-corrected chi connectivity index (χ0v) is 24.1. The van der Waals surface area contributed by atoms with E-state index in [2.05, 4.69) is 20.0 Å². The maximum Gasteiger partial charge on any atom is 0.459 e. The number of methoxy groups -OCH3 is 1. The number of aromatic nitrogens is 4. The first-order valence-corrected chi connectivity index (χ1v) is 14.5. The topological polar surface area (TPSA) is 162 Å². The van der Waals surface area contributed by atoms with E-state index in [1.54, 1.807) is 54.3 Å². The van der Waals surface area contributed by atoms with E-state index >= 15 is 0 Å². The summed E-state index contributed by atoms with van der Waals surface area (Å²) >= 11 is 0. The Morgan fingerprint density at radius 3 is 2.60 bits per heavy atom. The number of nitrogens with zero attached hydrogens (tertiary/aromatic N) is 4. The quantitative estimate of drug-likeness (QED) is 0.135. The van der Waals surface area contributed by atoms with E-state index in [9.17, 15) is 9.36 Å². The van der Waals surface area contributed by atoms with Gasteiger partial charge in [-0.1, -0.05) is 44.9 Å². The van der Waals surface area contributed by atoms with Crippen LogP contribution in [0.4, 0.5) is 5.95 Å². The molecule has 3 aromatic rings. The van der Waals surface area contributed by atoms with Crippen molar-refractivity contribution in [1.82, 2.24) is 24.6 Å². The van der Waals surface area contributed by atoms with Crippen LogP contribution >= 0.6 is 7.75 Å². The van der Waals surface area contributed by atoms with Crippen LogP contribution in [0.5, 0.6) is 11.6 Å². The number of carbonyl (C=O) groups is 1. The molecule has 0 saturated heterocycles. The van der Waals surface area contributed by atoms with Crippen LogP contribution in [0.1, 0.15) is 33.6 Å². The fraction of sp³-hybridized carbons (Fsp3) is 0.462. The normalized spacial score (nSPS) is 13.5. The molecule has 3 rings (SSSR count). The summed E-state index contributed by atoms with van der Waals surface area (Å²) in [5.41, 5.74) is 6.77. The van der Waals surface area contributed by atoms with Gasteiger partial charge in [0, 0.05) is 12.4 Å². The van der Waals surface area contributed by atoms with Gasteiger partial charge in [0.2, 0.25) is 11.8 Å². The summed E-state index contributed by atoms with van der Waals surface area (Å²) < 4.78 is 42.8. The molecule has 0 bridgehead atoms. The van der Waals surface area contributed by atoms with E-state index in [4.69, 9.17) is 29.0 Å². The Morgan fingerprint density at radius 1 is 1.15 bits per heavy atom. The molecule has 218 valence electrons. The maximum absolute atomic E-state index is 13.6. The molecular formula is C26H37N6O7P. The number of esters is 1. The second-order valence-electron chi connectivity index (χ2n) is 8.86. The molecule has 13 nitrogen and oxygen atoms in total. The lowest BCUT2D eigenvalue weighted by Crippen LogP contribution is -2.36. The molecule has 2 heterocycles. The first-order chi connectivity index (χ1) is 19.3. The number of carbonyl (C=O) groups excluding carboxylic acids is 1. The van der Waals surface area contributed by atoms with Crippen LogP contribution < -0.4 is 20.1 Å². The van der Waals surface area contributed by atoms with Gasteiger partial charge in [-0.05, 0) is 25.0 Å². The fourth-order valence-electron chi connectivity index (χ4n) is 3.52. The molecule has 2 aromatic heterocycles. The van der Waals surface area contributed by atoms with Gasteiger partial charge in [0.1, 0.15) is 18.5 Å². The largest absolute Gasteiger partial charge is 0.480 e. The second kappa shape index (κ2) is 15.3. The fourth-order valence-corrected chi connectivity index (χ4v) is 4.99. The van der Waals surface area contributed by atoms with Crippen molar-refractivity contribution in [2.45, 2.75) is 46.4 Å². The molecule has 0 saturated carbocycles. The summed E-state index contributed by atoms with van der Waals surface area (Å²) in [4.78, 5) is 24.9. The molecule has 1 aromatic carbocycles. The van der Waals surface area contributed by atoms with E-state index < -0.39 is 19.8 Å². The van der Waals surface area contributed by atoms with Crippen LogP contribution in [-0.4, -0.2) is 58.5 Å². The van der Waals surface area contributed by atoms with Gasteiger partial charge >= 0.3 is 13.7 Å². The summed E-state index contributed by atoms with van der Waals surface area (Å²) in [5.74, 6) is 0.458. The van der Waals surface area contributed by atoms with Gasteiger partial charge in [-0.3, -0.25) is 9.32 Å². The highest BCUT2D eigenvalue weighted by atomic mass is 31.2. The van der Waals surface area contributed by atoms with Gasteiger partial charge in [0.05, 0.1) is 44.5 Å². The molecule has 0 aliphatic carbocycles. The number of nitrogen functional groups attached to an aromatic ring is 1. The Hall–Kier alpha value is -3.51. The number of anilines is 1. The van der Waals surface area contributed by atoms with Crippen LogP contribution in [0.3, 0.4) is 0 Å². The number of rotatable bonds is 17. The van der Waals surface area contributed by atoms with E-state index in [1.807, 2.05) is 13.8 Å². The Labute approximate surface area is 234 Å². The van der Waals surface area contributed by atoms with Gasteiger partial charge in [-0.2, -0.15) is 10.1 Å². The maximum atomic E-state index is 13.6. The smallest absolute Gasteiger partial charge is 0.459 e. The molecule has 3 N–H and O–H groups in total. The highest BCUT2D eigenvalue weighted by Gasteiger charge is 2.32. The summed E-state index contributed by atoms with van der Waals surface area (Å²) in [5, 5.41) is 2.68. The lowest BCUT2D eigenvalue weighted by molar-refractivity contribution is -0.146. The van der Waals surface area contributed by atoms with Crippen LogP contribution in [0.25, 0.3) is 11.3 Å². The highest BCUT2D eigenvalue weighted by Crippen LogP contribution is 2.44. The zero-order valence-electron chi connectivity index (χ0n) is 23.2. The third-order valence-electron chi connectivity index (χ3n) is 5.89. The summed E-state index contributed by atoms with van der Waals surface area (Å²) in [7, 11) is -2.48. The Kier molecular flexibility index (Phi) is 11.9. The van der Waals surface area contributed by atoms with Crippen molar-refractivity contribution in [2.24, 2.45) is 5.92 Å². The van der Waals surface area contributed by atoms with Crippen LogP contribution in [0.15, 0.2) is 49.1 Å². The van der Waals surface area contributed by atoms with Crippen molar-refractivity contribution in [3.05, 3.63) is 49.1 Å².